The molecule has 2 aromatic rings. The Morgan fingerprint density at radius 3 is 2.96 bits per heavy atom. The Kier molecular flexibility index (Phi) is 3.60. The van der Waals surface area contributed by atoms with Gasteiger partial charge in [0.25, 0.3) is 5.91 Å². The monoisotopic (exact) mass is 331 g/mol. The molecule has 1 saturated heterocycles. The van der Waals surface area contributed by atoms with Crippen LogP contribution in [0.15, 0.2) is 17.6 Å². The van der Waals surface area contributed by atoms with E-state index >= 15 is 0 Å². The molecule has 0 aromatic carbocycles. The number of thiazole rings is 1. The molecule has 1 atom stereocenters. The van der Waals surface area contributed by atoms with Crippen LogP contribution in [-0.2, 0) is 4.79 Å². The molecule has 1 unspecified atom stereocenters. The lowest BCUT2D eigenvalue weighted by Crippen LogP contribution is -2.43. The first-order valence-electron chi connectivity index (χ1n) is 7.79. The van der Waals surface area contributed by atoms with Crippen molar-refractivity contribution in [2.45, 2.75) is 37.6 Å². The Labute approximate surface area is 137 Å². The number of anilines is 1. The van der Waals surface area contributed by atoms with Crippen LogP contribution in [0.1, 0.15) is 47.8 Å². The Balaban J connectivity index is 1.47. The molecule has 23 heavy (non-hydrogen) atoms. The Hall–Kier alpha value is -2.22. The second-order valence-electron chi connectivity index (χ2n) is 5.97. The molecule has 3 heterocycles. The molecular formula is C15H17N5O2S. The number of hydrogen-bond acceptors (Lipinski definition) is 5. The predicted molar refractivity (Wildman–Crippen MR) is 85.4 cm³/mol. The van der Waals surface area contributed by atoms with Crippen molar-refractivity contribution >= 4 is 28.3 Å². The van der Waals surface area contributed by atoms with Gasteiger partial charge in [-0.15, -0.1) is 11.3 Å². The van der Waals surface area contributed by atoms with Crippen LogP contribution < -0.4 is 5.32 Å². The number of nitrogens with zero attached hydrogens (tertiary/aromatic N) is 3. The zero-order chi connectivity index (χ0) is 15.8. The van der Waals surface area contributed by atoms with Crippen LogP contribution in [0.2, 0.25) is 0 Å². The van der Waals surface area contributed by atoms with Crippen molar-refractivity contribution in [2.75, 3.05) is 11.9 Å². The maximum absolute atomic E-state index is 12.7. The van der Waals surface area contributed by atoms with E-state index in [1.165, 1.54) is 11.3 Å². The highest BCUT2D eigenvalue weighted by atomic mass is 32.1. The molecule has 2 N–H and O–H groups in total. The first-order chi connectivity index (χ1) is 11.2. The summed E-state index contributed by atoms with van der Waals surface area (Å²) in [4.78, 5) is 30.8. The van der Waals surface area contributed by atoms with Gasteiger partial charge in [0.05, 0.1) is 0 Å². The molecule has 0 bridgehead atoms. The maximum atomic E-state index is 12.7. The summed E-state index contributed by atoms with van der Waals surface area (Å²) in [5.74, 6) is 0.167. The van der Waals surface area contributed by atoms with E-state index in [1.807, 2.05) is 6.07 Å². The van der Waals surface area contributed by atoms with Gasteiger partial charge in [0.15, 0.2) is 5.13 Å². The van der Waals surface area contributed by atoms with Crippen LogP contribution in [0, 0.1) is 0 Å². The Morgan fingerprint density at radius 1 is 1.35 bits per heavy atom. The SMILES string of the molecule is O=C(Nc1nccs1)C1CCCN1C(=O)c1cc(C2CC2)[nH]n1. The van der Waals surface area contributed by atoms with Gasteiger partial charge in [0, 0.05) is 29.7 Å². The van der Waals surface area contributed by atoms with Gasteiger partial charge in [0.1, 0.15) is 11.7 Å². The highest BCUT2D eigenvalue weighted by Crippen LogP contribution is 2.39. The third-order valence-corrected chi connectivity index (χ3v) is 5.00. The molecule has 7 nitrogen and oxygen atoms in total. The van der Waals surface area contributed by atoms with E-state index in [9.17, 15) is 9.59 Å². The largest absolute Gasteiger partial charge is 0.325 e. The molecule has 2 fully saturated rings. The van der Waals surface area contributed by atoms with Crippen molar-refractivity contribution in [1.29, 1.82) is 0 Å². The first kappa shape index (κ1) is 14.4. The van der Waals surface area contributed by atoms with Gasteiger partial charge in [-0.25, -0.2) is 4.98 Å². The minimum Gasteiger partial charge on any atom is -0.325 e. The lowest BCUT2D eigenvalue weighted by molar-refractivity contribution is -0.119. The Bertz CT molecular complexity index is 722. The third kappa shape index (κ3) is 2.86. The summed E-state index contributed by atoms with van der Waals surface area (Å²) < 4.78 is 0. The molecule has 8 heteroatoms. The fourth-order valence-electron chi connectivity index (χ4n) is 2.95. The molecular weight excluding hydrogens is 314 g/mol. The minimum absolute atomic E-state index is 0.176. The van der Waals surface area contributed by atoms with Crippen LogP contribution >= 0.6 is 11.3 Å². The van der Waals surface area contributed by atoms with Crippen molar-refractivity contribution in [2.24, 2.45) is 0 Å². The Morgan fingerprint density at radius 2 is 2.22 bits per heavy atom. The number of aromatic amines is 1. The second kappa shape index (κ2) is 5.77. The van der Waals surface area contributed by atoms with Gasteiger partial charge in [-0.2, -0.15) is 5.10 Å². The molecule has 1 aliphatic carbocycles. The number of aromatic nitrogens is 3. The topological polar surface area (TPSA) is 91.0 Å². The average Bonchev–Trinajstić information content (AvgIpc) is 3.03. The van der Waals surface area contributed by atoms with Gasteiger partial charge in [0.2, 0.25) is 5.91 Å². The van der Waals surface area contributed by atoms with E-state index in [0.29, 0.717) is 29.7 Å². The van der Waals surface area contributed by atoms with Crippen molar-refractivity contribution in [3.63, 3.8) is 0 Å². The number of nitrogens with one attached hydrogen (secondary N) is 2. The first-order valence-corrected chi connectivity index (χ1v) is 8.67. The predicted octanol–water partition coefficient (Wildman–Crippen LogP) is 1.99. The van der Waals surface area contributed by atoms with E-state index < -0.39 is 6.04 Å². The lowest BCUT2D eigenvalue weighted by Gasteiger charge is -2.22. The molecule has 1 aliphatic heterocycles. The fourth-order valence-corrected chi connectivity index (χ4v) is 3.48. The minimum atomic E-state index is -0.451. The summed E-state index contributed by atoms with van der Waals surface area (Å²) in [6.45, 7) is 0.584. The quantitative estimate of drug-likeness (QED) is 0.896. The summed E-state index contributed by atoms with van der Waals surface area (Å²) in [5, 5.41) is 12.2. The average molecular weight is 331 g/mol. The van der Waals surface area contributed by atoms with Crippen LogP contribution in [0.4, 0.5) is 5.13 Å². The lowest BCUT2D eigenvalue weighted by atomic mass is 10.2. The summed E-state index contributed by atoms with van der Waals surface area (Å²) in [7, 11) is 0. The summed E-state index contributed by atoms with van der Waals surface area (Å²) >= 11 is 1.37. The number of rotatable bonds is 4. The molecule has 0 radical (unpaired) electrons. The number of amides is 2. The summed E-state index contributed by atoms with van der Waals surface area (Å²) in [6, 6.07) is 1.38. The van der Waals surface area contributed by atoms with Crippen LogP contribution in [-0.4, -0.2) is 44.5 Å². The van der Waals surface area contributed by atoms with Crippen LogP contribution in [0.5, 0.6) is 0 Å². The van der Waals surface area contributed by atoms with E-state index in [2.05, 4.69) is 20.5 Å². The number of carbonyl (C=O) groups excluding carboxylic acids is 2. The van der Waals surface area contributed by atoms with Gasteiger partial charge in [-0.05, 0) is 31.7 Å². The maximum Gasteiger partial charge on any atom is 0.275 e. The number of likely N-dealkylation sites (tertiary alicyclic amines) is 1. The fraction of sp³-hybridized carbons (Fsp3) is 0.467. The van der Waals surface area contributed by atoms with Gasteiger partial charge >= 0.3 is 0 Å². The number of hydrogen-bond donors (Lipinski definition) is 2. The standard InChI is InChI=1S/C15H17N5O2S/c21-13(17-15-16-5-7-23-15)12-2-1-6-20(12)14(22)11-8-10(18-19-11)9-3-4-9/h5,7-9,12H,1-4,6H2,(H,18,19)(H,16,17,21). The second-order valence-corrected chi connectivity index (χ2v) is 6.86. The van der Waals surface area contributed by atoms with Gasteiger partial charge < -0.3 is 10.2 Å². The van der Waals surface area contributed by atoms with Gasteiger partial charge in [-0.3, -0.25) is 14.7 Å². The van der Waals surface area contributed by atoms with Crippen LogP contribution in [0.25, 0.3) is 0 Å². The molecule has 4 rings (SSSR count). The molecule has 2 amide bonds. The van der Waals surface area contributed by atoms with E-state index in [0.717, 1.165) is 25.0 Å². The molecule has 0 spiro atoms. The highest BCUT2D eigenvalue weighted by molar-refractivity contribution is 7.13. The third-order valence-electron chi connectivity index (χ3n) is 4.31. The molecule has 1 saturated carbocycles. The van der Waals surface area contributed by atoms with E-state index in [4.69, 9.17) is 0 Å². The smallest absolute Gasteiger partial charge is 0.275 e. The normalized spacial score (nSPS) is 20.7. The van der Waals surface area contributed by atoms with E-state index in [1.54, 1.807) is 16.5 Å². The van der Waals surface area contributed by atoms with Crippen molar-refractivity contribution in [3.8, 4) is 0 Å². The molecule has 2 aromatic heterocycles. The van der Waals surface area contributed by atoms with Crippen molar-refractivity contribution in [1.82, 2.24) is 20.1 Å². The summed E-state index contributed by atoms with van der Waals surface area (Å²) in [5.41, 5.74) is 1.43. The van der Waals surface area contributed by atoms with Crippen LogP contribution in [0.3, 0.4) is 0 Å². The zero-order valence-corrected chi connectivity index (χ0v) is 13.3. The zero-order valence-electron chi connectivity index (χ0n) is 12.5. The summed E-state index contributed by atoms with van der Waals surface area (Å²) in [6.07, 6.45) is 5.43. The van der Waals surface area contributed by atoms with Crippen molar-refractivity contribution in [3.05, 3.63) is 29.0 Å². The highest BCUT2D eigenvalue weighted by Gasteiger charge is 2.36. The number of H-pyrrole nitrogens is 1. The van der Waals surface area contributed by atoms with E-state index in [-0.39, 0.29) is 11.8 Å². The molecule has 120 valence electrons. The van der Waals surface area contributed by atoms with Crippen molar-refractivity contribution < 1.29 is 9.59 Å². The number of carbonyl (C=O) groups is 2. The van der Waals surface area contributed by atoms with Gasteiger partial charge in [-0.1, -0.05) is 0 Å². The molecule has 2 aliphatic rings.